The molecule has 2 aliphatic heterocycles. The van der Waals surface area contributed by atoms with Crippen LogP contribution in [0.25, 0.3) is 0 Å². The normalized spacial score (nSPS) is 17.6. The summed E-state index contributed by atoms with van der Waals surface area (Å²) in [4.78, 5) is 14.0. The standard InChI is InChI=1S/C20H26N4O2/c1-20(2,3)19-21-7-6-18(22-19)24-10-8-23(9-11-24)13-15-4-5-16-17(12-15)26-14-25-16/h4-7,12H,8-11,13-14H2,1-3H3. The van der Waals surface area contributed by atoms with Gasteiger partial charge in [-0.15, -0.1) is 0 Å². The number of hydrogen-bond donors (Lipinski definition) is 0. The second-order valence-corrected chi connectivity index (χ2v) is 7.94. The van der Waals surface area contributed by atoms with Crippen molar-refractivity contribution >= 4 is 5.82 Å². The van der Waals surface area contributed by atoms with Crippen LogP contribution in [0, 0.1) is 0 Å². The number of rotatable bonds is 3. The maximum atomic E-state index is 5.48. The highest BCUT2D eigenvalue weighted by Crippen LogP contribution is 2.33. The Kier molecular flexibility index (Phi) is 4.44. The van der Waals surface area contributed by atoms with Gasteiger partial charge in [-0.2, -0.15) is 0 Å². The van der Waals surface area contributed by atoms with Gasteiger partial charge in [-0.1, -0.05) is 26.8 Å². The Bertz CT molecular complexity index is 780. The number of hydrogen-bond acceptors (Lipinski definition) is 6. The summed E-state index contributed by atoms with van der Waals surface area (Å²) in [6.07, 6.45) is 1.88. The van der Waals surface area contributed by atoms with Crippen LogP contribution < -0.4 is 14.4 Å². The van der Waals surface area contributed by atoms with E-state index in [1.165, 1.54) is 5.56 Å². The summed E-state index contributed by atoms with van der Waals surface area (Å²) < 4.78 is 10.9. The van der Waals surface area contributed by atoms with Gasteiger partial charge in [0.05, 0.1) is 0 Å². The Morgan fingerprint density at radius 2 is 1.77 bits per heavy atom. The van der Waals surface area contributed by atoms with Crippen molar-refractivity contribution in [3.63, 3.8) is 0 Å². The van der Waals surface area contributed by atoms with Gasteiger partial charge in [0.25, 0.3) is 0 Å². The van der Waals surface area contributed by atoms with Gasteiger partial charge in [0.1, 0.15) is 11.6 Å². The Balaban J connectivity index is 1.37. The smallest absolute Gasteiger partial charge is 0.231 e. The molecule has 1 saturated heterocycles. The summed E-state index contributed by atoms with van der Waals surface area (Å²) in [5.74, 6) is 3.64. The summed E-state index contributed by atoms with van der Waals surface area (Å²) in [5, 5.41) is 0. The molecule has 0 N–H and O–H groups in total. The molecule has 0 radical (unpaired) electrons. The zero-order valence-electron chi connectivity index (χ0n) is 15.7. The lowest BCUT2D eigenvalue weighted by Crippen LogP contribution is -2.46. The minimum absolute atomic E-state index is 0.0306. The van der Waals surface area contributed by atoms with E-state index in [1.54, 1.807) is 0 Å². The quantitative estimate of drug-likeness (QED) is 0.845. The van der Waals surface area contributed by atoms with Gasteiger partial charge in [0.15, 0.2) is 11.5 Å². The minimum Gasteiger partial charge on any atom is -0.454 e. The van der Waals surface area contributed by atoms with E-state index in [-0.39, 0.29) is 5.41 Å². The Morgan fingerprint density at radius 1 is 1.00 bits per heavy atom. The van der Waals surface area contributed by atoms with Crippen molar-refractivity contribution in [1.82, 2.24) is 14.9 Å². The van der Waals surface area contributed by atoms with Gasteiger partial charge in [0.2, 0.25) is 6.79 Å². The molecule has 0 atom stereocenters. The van der Waals surface area contributed by atoms with E-state index in [0.29, 0.717) is 6.79 Å². The number of anilines is 1. The molecule has 26 heavy (non-hydrogen) atoms. The first kappa shape index (κ1) is 17.1. The van der Waals surface area contributed by atoms with Crippen molar-refractivity contribution in [2.75, 3.05) is 37.9 Å². The molecule has 6 heteroatoms. The number of benzene rings is 1. The molecule has 1 fully saturated rings. The number of ether oxygens (including phenoxy) is 2. The molecule has 0 saturated carbocycles. The van der Waals surface area contributed by atoms with Crippen LogP contribution in [0.2, 0.25) is 0 Å². The van der Waals surface area contributed by atoms with Crippen molar-refractivity contribution in [3.8, 4) is 11.5 Å². The van der Waals surface area contributed by atoms with Gasteiger partial charge in [-0.3, -0.25) is 4.90 Å². The molecule has 0 aliphatic carbocycles. The molecule has 2 aliphatic rings. The van der Waals surface area contributed by atoms with E-state index in [4.69, 9.17) is 14.5 Å². The van der Waals surface area contributed by atoms with E-state index in [9.17, 15) is 0 Å². The van der Waals surface area contributed by atoms with Crippen LogP contribution in [0.15, 0.2) is 30.5 Å². The van der Waals surface area contributed by atoms with Crippen LogP contribution >= 0.6 is 0 Å². The fourth-order valence-corrected chi connectivity index (χ4v) is 3.32. The van der Waals surface area contributed by atoms with Crippen LogP contribution in [0.5, 0.6) is 11.5 Å². The number of nitrogens with zero attached hydrogens (tertiary/aromatic N) is 4. The first-order valence-corrected chi connectivity index (χ1v) is 9.18. The monoisotopic (exact) mass is 354 g/mol. The Morgan fingerprint density at radius 3 is 2.54 bits per heavy atom. The van der Waals surface area contributed by atoms with Gasteiger partial charge >= 0.3 is 0 Å². The van der Waals surface area contributed by atoms with Crippen molar-refractivity contribution in [2.24, 2.45) is 0 Å². The van der Waals surface area contributed by atoms with Gasteiger partial charge in [-0.05, 0) is 23.8 Å². The zero-order chi connectivity index (χ0) is 18.1. The first-order valence-electron chi connectivity index (χ1n) is 9.18. The summed E-state index contributed by atoms with van der Waals surface area (Å²) in [6.45, 7) is 11.7. The second-order valence-electron chi connectivity index (χ2n) is 7.94. The summed E-state index contributed by atoms with van der Waals surface area (Å²) in [7, 11) is 0. The topological polar surface area (TPSA) is 50.7 Å². The van der Waals surface area contributed by atoms with Crippen LogP contribution in [-0.2, 0) is 12.0 Å². The predicted molar refractivity (Wildman–Crippen MR) is 101 cm³/mol. The lowest BCUT2D eigenvalue weighted by Gasteiger charge is -2.35. The Hall–Kier alpha value is -2.34. The summed E-state index contributed by atoms with van der Waals surface area (Å²) in [6, 6.07) is 8.24. The molecule has 1 aromatic carbocycles. The highest BCUT2D eigenvalue weighted by Gasteiger charge is 2.22. The fraction of sp³-hybridized carbons (Fsp3) is 0.500. The third kappa shape index (κ3) is 3.60. The third-order valence-electron chi connectivity index (χ3n) is 4.85. The molecule has 0 amide bonds. The minimum atomic E-state index is -0.0306. The molecule has 138 valence electrons. The van der Waals surface area contributed by atoms with Crippen LogP contribution in [-0.4, -0.2) is 47.8 Å². The van der Waals surface area contributed by atoms with E-state index in [2.05, 4.69) is 47.7 Å². The molecule has 1 aromatic heterocycles. The van der Waals surface area contributed by atoms with Crippen molar-refractivity contribution in [1.29, 1.82) is 0 Å². The highest BCUT2D eigenvalue weighted by atomic mass is 16.7. The average molecular weight is 354 g/mol. The molecule has 0 bridgehead atoms. The van der Waals surface area contributed by atoms with Crippen LogP contribution in [0.3, 0.4) is 0 Å². The molecule has 0 spiro atoms. The molecular weight excluding hydrogens is 328 g/mol. The van der Waals surface area contributed by atoms with Crippen molar-refractivity contribution in [2.45, 2.75) is 32.7 Å². The third-order valence-corrected chi connectivity index (χ3v) is 4.85. The molecule has 3 heterocycles. The maximum Gasteiger partial charge on any atom is 0.231 e. The van der Waals surface area contributed by atoms with Gasteiger partial charge < -0.3 is 14.4 Å². The average Bonchev–Trinajstić information content (AvgIpc) is 3.10. The SMILES string of the molecule is CC(C)(C)c1nccc(N2CCN(Cc3ccc4c(c3)OCO4)CC2)n1. The van der Waals surface area contributed by atoms with E-state index >= 15 is 0 Å². The maximum absolute atomic E-state index is 5.48. The molecule has 6 nitrogen and oxygen atoms in total. The van der Waals surface area contributed by atoms with Gasteiger partial charge in [-0.25, -0.2) is 9.97 Å². The number of piperazine rings is 1. The number of fused-ring (bicyclic) bond motifs is 1. The highest BCUT2D eigenvalue weighted by molar-refractivity contribution is 5.44. The zero-order valence-corrected chi connectivity index (χ0v) is 15.7. The molecule has 4 rings (SSSR count). The largest absolute Gasteiger partial charge is 0.454 e. The lowest BCUT2D eigenvalue weighted by atomic mass is 9.96. The molecular formula is C20H26N4O2. The second kappa shape index (κ2) is 6.76. The summed E-state index contributed by atoms with van der Waals surface area (Å²) in [5.41, 5.74) is 1.23. The van der Waals surface area contributed by atoms with E-state index in [1.807, 2.05) is 18.3 Å². The number of aromatic nitrogens is 2. The predicted octanol–water partition coefficient (Wildman–Crippen LogP) is 2.83. The van der Waals surface area contributed by atoms with Crippen LogP contribution in [0.4, 0.5) is 5.82 Å². The summed E-state index contributed by atoms with van der Waals surface area (Å²) >= 11 is 0. The Labute approximate surface area is 154 Å². The fourth-order valence-electron chi connectivity index (χ4n) is 3.32. The van der Waals surface area contributed by atoms with E-state index < -0.39 is 0 Å². The van der Waals surface area contributed by atoms with E-state index in [0.717, 1.165) is 55.9 Å². The van der Waals surface area contributed by atoms with Crippen LogP contribution in [0.1, 0.15) is 32.2 Å². The van der Waals surface area contributed by atoms with Crippen molar-refractivity contribution in [3.05, 3.63) is 41.9 Å². The molecule has 2 aromatic rings. The molecule has 0 unspecified atom stereocenters. The van der Waals surface area contributed by atoms with Crippen molar-refractivity contribution < 1.29 is 9.47 Å². The van der Waals surface area contributed by atoms with Gasteiger partial charge in [0, 0.05) is 44.3 Å². The first-order chi connectivity index (χ1) is 12.5. The lowest BCUT2D eigenvalue weighted by molar-refractivity contribution is 0.174.